The Bertz CT molecular complexity index is 470. The Morgan fingerprint density at radius 1 is 1.27 bits per heavy atom. The minimum absolute atomic E-state index is 0.0828. The number of anilines is 1. The van der Waals surface area contributed by atoms with Crippen molar-refractivity contribution in [3.8, 4) is 0 Å². The quantitative estimate of drug-likeness (QED) is 0.844. The Hall–Kier alpha value is -1.20. The predicted octanol–water partition coefficient (Wildman–Crippen LogP) is 2.21. The van der Waals surface area contributed by atoms with Gasteiger partial charge in [0.2, 0.25) is 0 Å². The van der Waals surface area contributed by atoms with E-state index >= 15 is 0 Å². The van der Waals surface area contributed by atoms with E-state index in [1.165, 1.54) is 0 Å². The number of rotatable bonds is 6. The van der Waals surface area contributed by atoms with Crippen LogP contribution in [0.3, 0.4) is 0 Å². The van der Waals surface area contributed by atoms with Crippen LogP contribution in [0.1, 0.15) is 46.9 Å². The van der Waals surface area contributed by atoms with Crippen molar-refractivity contribution in [1.29, 1.82) is 0 Å². The average molecular weight is 306 g/mol. The zero-order valence-electron chi connectivity index (χ0n) is 14.6. The maximum absolute atomic E-state index is 9.46. The highest BCUT2D eigenvalue weighted by Crippen LogP contribution is 2.32. The Labute approximate surface area is 134 Å². The molecular weight excluding hydrogens is 276 g/mol. The lowest BCUT2D eigenvalue weighted by Crippen LogP contribution is -2.53. The lowest BCUT2D eigenvalue weighted by atomic mass is 9.84. The first-order valence-corrected chi connectivity index (χ1v) is 8.09. The molecule has 0 aromatic carbocycles. The fraction of sp³-hybridized carbons (Fsp3) is 0.765. The van der Waals surface area contributed by atoms with Crippen LogP contribution < -0.4 is 10.2 Å². The number of hydrogen-bond donors (Lipinski definition) is 2. The van der Waals surface area contributed by atoms with Crippen molar-refractivity contribution in [2.24, 2.45) is 10.8 Å². The fourth-order valence-electron chi connectivity index (χ4n) is 2.95. The Kier molecular flexibility index (Phi) is 5.07. The Balaban J connectivity index is 1.84. The molecule has 0 bridgehead atoms. The number of aromatic nitrogens is 2. The second-order valence-corrected chi connectivity index (χ2v) is 8.40. The van der Waals surface area contributed by atoms with E-state index in [0.717, 1.165) is 31.0 Å². The second-order valence-electron chi connectivity index (χ2n) is 8.40. The van der Waals surface area contributed by atoms with Gasteiger partial charge >= 0.3 is 0 Å². The SMILES string of the molecule is CC(C)(C)CC(CO)NCc1ncc(N2CC(C)(C)C2)cn1. The molecule has 1 aliphatic rings. The summed E-state index contributed by atoms with van der Waals surface area (Å²) in [6, 6.07) is 0.0828. The molecule has 1 aliphatic heterocycles. The highest BCUT2D eigenvalue weighted by atomic mass is 16.3. The molecule has 5 heteroatoms. The van der Waals surface area contributed by atoms with E-state index in [2.05, 4.69) is 54.8 Å². The van der Waals surface area contributed by atoms with E-state index in [1.54, 1.807) is 0 Å². The molecule has 0 spiro atoms. The molecule has 124 valence electrons. The summed E-state index contributed by atoms with van der Waals surface area (Å²) in [5.41, 5.74) is 1.69. The lowest BCUT2D eigenvalue weighted by Gasteiger charge is -2.47. The maximum Gasteiger partial charge on any atom is 0.142 e. The summed E-state index contributed by atoms with van der Waals surface area (Å²) < 4.78 is 0. The molecule has 1 fully saturated rings. The van der Waals surface area contributed by atoms with Gasteiger partial charge in [0.1, 0.15) is 5.82 Å². The topological polar surface area (TPSA) is 61.3 Å². The summed E-state index contributed by atoms with van der Waals surface area (Å²) in [5, 5.41) is 12.8. The van der Waals surface area contributed by atoms with Gasteiger partial charge in [-0.2, -0.15) is 0 Å². The van der Waals surface area contributed by atoms with Crippen LogP contribution in [-0.2, 0) is 6.54 Å². The van der Waals surface area contributed by atoms with Gasteiger partial charge in [0.05, 0.1) is 31.2 Å². The molecule has 1 atom stereocenters. The predicted molar refractivity (Wildman–Crippen MR) is 89.8 cm³/mol. The maximum atomic E-state index is 9.46. The van der Waals surface area contributed by atoms with Gasteiger partial charge in [0.25, 0.3) is 0 Å². The molecule has 1 saturated heterocycles. The zero-order chi connectivity index (χ0) is 16.4. The van der Waals surface area contributed by atoms with Gasteiger partial charge < -0.3 is 15.3 Å². The molecule has 1 unspecified atom stereocenters. The lowest BCUT2D eigenvalue weighted by molar-refractivity contribution is 0.197. The molecule has 5 nitrogen and oxygen atoms in total. The molecule has 1 aromatic rings. The van der Waals surface area contributed by atoms with Gasteiger partial charge in [0, 0.05) is 19.1 Å². The summed E-state index contributed by atoms with van der Waals surface area (Å²) in [5.74, 6) is 0.774. The van der Waals surface area contributed by atoms with Gasteiger partial charge in [-0.1, -0.05) is 34.6 Å². The van der Waals surface area contributed by atoms with Crippen molar-refractivity contribution in [3.63, 3.8) is 0 Å². The van der Waals surface area contributed by atoms with Gasteiger partial charge in [-0.3, -0.25) is 0 Å². The van der Waals surface area contributed by atoms with Crippen molar-refractivity contribution in [1.82, 2.24) is 15.3 Å². The van der Waals surface area contributed by atoms with E-state index in [4.69, 9.17) is 0 Å². The van der Waals surface area contributed by atoms with Gasteiger partial charge in [-0.05, 0) is 17.3 Å². The van der Waals surface area contributed by atoms with Gasteiger partial charge in [0.15, 0.2) is 0 Å². The molecule has 2 heterocycles. The zero-order valence-corrected chi connectivity index (χ0v) is 14.6. The van der Waals surface area contributed by atoms with Crippen LogP contribution in [0.2, 0.25) is 0 Å². The van der Waals surface area contributed by atoms with E-state index < -0.39 is 0 Å². The van der Waals surface area contributed by atoms with Crippen LogP contribution in [0, 0.1) is 10.8 Å². The van der Waals surface area contributed by atoms with Gasteiger partial charge in [-0.15, -0.1) is 0 Å². The molecule has 22 heavy (non-hydrogen) atoms. The smallest absolute Gasteiger partial charge is 0.142 e. The van der Waals surface area contributed by atoms with Crippen LogP contribution in [0.25, 0.3) is 0 Å². The van der Waals surface area contributed by atoms with Crippen LogP contribution in [-0.4, -0.2) is 40.8 Å². The molecular formula is C17H30N4O. The Morgan fingerprint density at radius 2 is 1.86 bits per heavy atom. The first-order chi connectivity index (χ1) is 10.2. The van der Waals surface area contributed by atoms with E-state index in [9.17, 15) is 5.11 Å². The van der Waals surface area contributed by atoms with E-state index in [-0.39, 0.29) is 18.1 Å². The minimum atomic E-state index is 0.0828. The molecule has 0 aliphatic carbocycles. The third-order valence-electron chi connectivity index (χ3n) is 3.92. The van der Waals surface area contributed by atoms with E-state index in [0.29, 0.717) is 12.0 Å². The average Bonchev–Trinajstić information content (AvgIpc) is 2.40. The summed E-state index contributed by atoms with van der Waals surface area (Å²) in [4.78, 5) is 11.2. The van der Waals surface area contributed by atoms with Crippen LogP contribution in [0.15, 0.2) is 12.4 Å². The highest BCUT2D eigenvalue weighted by Gasteiger charge is 2.34. The molecule has 1 aromatic heterocycles. The highest BCUT2D eigenvalue weighted by molar-refractivity contribution is 5.45. The first kappa shape index (κ1) is 17.2. The number of aliphatic hydroxyl groups is 1. The molecule has 2 rings (SSSR count). The van der Waals surface area contributed by atoms with Crippen molar-refractivity contribution < 1.29 is 5.11 Å². The number of nitrogens with zero attached hydrogens (tertiary/aromatic N) is 3. The summed E-state index contributed by atoms with van der Waals surface area (Å²) >= 11 is 0. The second kappa shape index (κ2) is 6.50. The summed E-state index contributed by atoms with van der Waals surface area (Å²) in [7, 11) is 0. The van der Waals surface area contributed by atoms with Crippen LogP contribution >= 0.6 is 0 Å². The number of aliphatic hydroxyl groups excluding tert-OH is 1. The molecule has 0 amide bonds. The normalized spacial score (nSPS) is 18.9. The van der Waals surface area contributed by atoms with Crippen LogP contribution in [0.5, 0.6) is 0 Å². The monoisotopic (exact) mass is 306 g/mol. The van der Waals surface area contributed by atoms with Crippen LogP contribution in [0.4, 0.5) is 5.69 Å². The number of hydrogen-bond acceptors (Lipinski definition) is 5. The standard InChI is InChI=1S/C17H30N4O/c1-16(2,3)6-13(10-22)18-9-15-19-7-14(8-20-15)21-11-17(4,5)12-21/h7-8,13,18,22H,6,9-12H2,1-5H3. The van der Waals surface area contributed by atoms with Crippen molar-refractivity contribution >= 4 is 5.69 Å². The van der Waals surface area contributed by atoms with Crippen molar-refractivity contribution in [2.45, 2.75) is 53.6 Å². The molecule has 0 saturated carbocycles. The largest absolute Gasteiger partial charge is 0.395 e. The minimum Gasteiger partial charge on any atom is -0.395 e. The fourth-order valence-corrected chi connectivity index (χ4v) is 2.95. The number of nitrogens with one attached hydrogen (secondary N) is 1. The molecule has 0 radical (unpaired) electrons. The summed E-state index contributed by atoms with van der Waals surface area (Å²) in [6.45, 7) is 13.9. The van der Waals surface area contributed by atoms with Crippen molar-refractivity contribution in [2.75, 3.05) is 24.6 Å². The molecule has 2 N–H and O–H groups in total. The first-order valence-electron chi connectivity index (χ1n) is 8.09. The Morgan fingerprint density at radius 3 is 2.32 bits per heavy atom. The van der Waals surface area contributed by atoms with Crippen molar-refractivity contribution in [3.05, 3.63) is 18.2 Å². The summed E-state index contributed by atoms with van der Waals surface area (Å²) in [6.07, 6.45) is 4.72. The third-order valence-corrected chi connectivity index (χ3v) is 3.92. The van der Waals surface area contributed by atoms with E-state index in [1.807, 2.05) is 12.4 Å². The third kappa shape index (κ3) is 4.92. The van der Waals surface area contributed by atoms with Gasteiger partial charge in [-0.25, -0.2) is 9.97 Å².